The maximum atomic E-state index is 12.7. The Morgan fingerprint density at radius 2 is 1.66 bits per heavy atom. The fraction of sp³-hybridized carbons (Fsp3) is 0.400. The van der Waals surface area contributed by atoms with Crippen LogP contribution in [0.15, 0.2) is 48.5 Å². The van der Waals surface area contributed by atoms with Gasteiger partial charge in [-0.05, 0) is 87.3 Å². The quantitative estimate of drug-likeness (QED) is 0.565. The van der Waals surface area contributed by atoms with Gasteiger partial charge in [0.2, 0.25) is 0 Å². The summed E-state index contributed by atoms with van der Waals surface area (Å²) in [7, 11) is 0. The minimum Gasteiger partial charge on any atom is -0.465 e. The lowest BCUT2D eigenvalue weighted by molar-refractivity contribution is -0.105. The van der Waals surface area contributed by atoms with E-state index >= 15 is 0 Å². The molecule has 2 fully saturated rings. The van der Waals surface area contributed by atoms with Crippen LogP contribution in [-0.4, -0.2) is 43.2 Å². The molecule has 150 valence electrons. The molecule has 1 atom stereocenters. The van der Waals surface area contributed by atoms with Crippen LogP contribution in [0.2, 0.25) is 0 Å². The van der Waals surface area contributed by atoms with Crippen molar-refractivity contribution in [3.05, 3.63) is 65.2 Å². The highest BCUT2D eigenvalue weighted by atomic mass is 16.7. The van der Waals surface area contributed by atoms with Crippen molar-refractivity contribution in [1.82, 2.24) is 4.90 Å². The fourth-order valence-electron chi connectivity index (χ4n) is 3.71. The number of likely N-dealkylation sites (tertiary alicyclic amines) is 1. The molecule has 2 saturated heterocycles. The van der Waals surface area contributed by atoms with E-state index in [2.05, 4.69) is 16.7 Å². The van der Waals surface area contributed by atoms with E-state index in [0.717, 1.165) is 56.8 Å². The van der Waals surface area contributed by atoms with Crippen molar-refractivity contribution >= 4 is 5.78 Å². The van der Waals surface area contributed by atoms with Crippen LogP contribution in [0.5, 0.6) is 5.75 Å². The highest BCUT2D eigenvalue weighted by Gasteiger charge is 2.16. The summed E-state index contributed by atoms with van der Waals surface area (Å²) in [5.41, 5.74) is 2.26. The molecule has 4 heteroatoms. The maximum absolute atomic E-state index is 12.7. The SMILES string of the molecule is O=C(c1ccc(C#CCN2CCCC2)cc1)c1ccc(OC2CCCCO2)cc1. The van der Waals surface area contributed by atoms with Gasteiger partial charge in [0.05, 0.1) is 13.2 Å². The summed E-state index contributed by atoms with van der Waals surface area (Å²) in [6.07, 6.45) is 5.51. The van der Waals surface area contributed by atoms with Gasteiger partial charge >= 0.3 is 0 Å². The zero-order chi connectivity index (χ0) is 19.9. The maximum Gasteiger partial charge on any atom is 0.199 e. The van der Waals surface area contributed by atoms with Gasteiger partial charge in [-0.25, -0.2) is 0 Å². The number of rotatable bonds is 5. The number of ketones is 1. The molecule has 2 aliphatic rings. The topological polar surface area (TPSA) is 38.8 Å². The molecule has 0 aromatic heterocycles. The van der Waals surface area contributed by atoms with Gasteiger partial charge in [-0.2, -0.15) is 0 Å². The second-order valence-corrected chi connectivity index (χ2v) is 7.63. The van der Waals surface area contributed by atoms with E-state index < -0.39 is 0 Å². The van der Waals surface area contributed by atoms with Crippen molar-refractivity contribution in [2.24, 2.45) is 0 Å². The van der Waals surface area contributed by atoms with E-state index in [0.29, 0.717) is 11.1 Å². The molecule has 0 bridgehead atoms. The van der Waals surface area contributed by atoms with Crippen molar-refractivity contribution < 1.29 is 14.3 Å². The summed E-state index contributed by atoms with van der Waals surface area (Å²) >= 11 is 0. The molecule has 0 spiro atoms. The van der Waals surface area contributed by atoms with Crippen LogP contribution in [0.4, 0.5) is 0 Å². The Kier molecular flexibility index (Phi) is 6.61. The summed E-state index contributed by atoms with van der Waals surface area (Å²) in [5, 5.41) is 0. The van der Waals surface area contributed by atoms with Crippen LogP contribution >= 0.6 is 0 Å². The number of hydrogen-bond donors (Lipinski definition) is 0. The van der Waals surface area contributed by atoms with E-state index in [1.807, 2.05) is 48.5 Å². The van der Waals surface area contributed by atoms with Gasteiger partial charge in [0.15, 0.2) is 12.1 Å². The first kappa shape index (κ1) is 19.7. The van der Waals surface area contributed by atoms with Crippen LogP contribution in [0, 0.1) is 11.8 Å². The monoisotopic (exact) mass is 389 g/mol. The van der Waals surface area contributed by atoms with E-state index in [1.54, 1.807) is 0 Å². The van der Waals surface area contributed by atoms with E-state index in [-0.39, 0.29) is 12.1 Å². The molecule has 0 aliphatic carbocycles. The number of carbonyl (C=O) groups is 1. The van der Waals surface area contributed by atoms with Crippen molar-refractivity contribution in [2.75, 3.05) is 26.2 Å². The summed E-state index contributed by atoms with van der Waals surface area (Å²) in [6, 6.07) is 14.8. The third kappa shape index (κ3) is 5.47. The van der Waals surface area contributed by atoms with E-state index in [1.165, 1.54) is 12.8 Å². The average Bonchev–Trinajstić information content (AvgIpc) is 3.29. The molecule has 2 aromatic carbocycles. The van der Waals surface area contributed by atoms with Gasteiger partial charge in [-0.3, -0.25) is 9.69 Å². The Hall–Kier alpha value is -2.61. The highest BCUT2D eigenvalue weighted by molar-refractivity contribution is 6.09. The van der Waals surface area contributed by atoms with Crippen LogP contribution < -0.4 is 4.74 Å². The third-order valence-corrected chi connectivity index (χ3v) is 5.40. The molecule has 0 amide bonds. The highest BCUT2D eigenvalue weighted by Crippen LogP contribution is 2.21. The van der Waals surface area contributed by atoms with Crippen molar-refractivity contribution in [1.29, 1.82) is 0 Å². The minimum atomic E-state index is -0.176. The number of nitrogens with zero attached hydrogens (tertiary/aromatic N) is 1. The summed E-state index contributed by atoms with van der Waals surface area (Å²) in [4.78, 5) is 15.1. The van der Waals surface area contributed by atoms with Crippen LogP contribution in [0.25, 0.3) is 0 Å². The molecular weight excluding hydrogens is 362 g/mol. The van der Waals surface area contributed by atoms with Gasteiger partial charge in [0, 0.05) is 23.1 Å². The zero-order valence-corrected chi connectivity index (χ0v) is 16.7. The van der Waals surface area contributed by atoms with Crippen LogP contribution in [0.3, 0.4) is 0 Å². The molecule has 1 unspecified atom stereocenters. The van der Waals surface area contributed by atoms with Gasteiger partial charge in [0.25, 0.3) is 0 Å². The molecule has 2 aromatic rings. The first-order valence-corrected chi connectivity index (χ1v) is 10.5. The van der Waals surface area contributed by atoms with Crippen molar-refractivity contribution in [3.63, 3.8) is 0 Å². The lowest BCUT2D eigenvalue weighted by Crippen LogP contribution is -2.24. The first-order chi connectivity index (χ1) is 14.3. The molecule has 2 aliphatic heterocycles. The summed E-state index contributed by atoms with van der Waals surface area (Å²) < 4.78 is 11.4. The normalized spacial score (nSPS) is 19.4. The lowest BCUT2D eigenvalue weighted by atomic mass is 10.0. The van der Waals surface area contributed by atoms with Gasteiger partial charge in [-0.15, -0.1) is 0 Å². The van der Waals surface area contributed by atoms with Gasteiger partial charge in [-0.1, -0.05) is 11.8 Å². The fourth-order valence-corrected chi connectivity index (χ4v) is 3.71. The number of carbonyl (C=O) groups excluding carboxylic acids is 1. The number of ether oxygens (including phenoxy) is 2. The molecule has 2 heterocycles. The predicted octanol–water partition coefficient (Wildman–Crippen LogP) is 4.27. The van der Waals surface area contributed by atoms with Gasteiger partial charge < -0.3 is 9.47 Å². The van der Waals surface area contributed by atoms with E-state index in [4.69, 9.17) is 9.47 Å². The lowest BCUT2D eigenvalue weighted by Gasteiger charge is -2.23. The first-order valence-electron chi connectivity index (χ1n) is 10.5. The Labute approximate surface area is 172 Å². The Morgan fingerprint density at radius 1 is 0.966 bits per heavy atom. The summed E-state index contributed by atoms with van der Waals surface area (Å²) in [6.45, 7) is 3.88. The molecular formula is C25H27NO3. The van der Waals surface area contributed by atoms with Crippen molar-refractivity contribution in [3.8, 4) is 17.6 Å². The molecule has 4 nitrogen and oxygen atoms in total. The molecule has 0 radical (unpaired) electrons. The Balaban J connectivity index is 1.34. The standard InChI is InChI=1S/C25H27NO3/c27-25(22-12-14-23(15-13-22)29-24-7-1-4-19-28-24)21-10-8-20(9-11-21)6-5-18-26-16-2-3-17-26/h8-15,24H,1-4,7,16-19H2. The summed E-state index contributed by atoms with van der Waals surface area (Å²) in [5.74, 6) is 7.16. The number of benzene rings is 2. The molecule has 29 heavy (non-hydrogen) atoms. The Bertz CT molecular complexity index is 865. The van der Waals surface area contributed by atoms with Crippen LogP contribution in [-0.2, 0) is 4.74 Å². The smallest absolute Gasteiger partial charge is 0.199 e. The zero-order valence-electron chi connectivity index (χ0n) is 16.7. The largest absolute Gasteiger partial charge is 0.465 e. The van der Waals surface area contributed by atoms with E-state index in [9.17, 15) is 4.79 Å². The molecule has 4 rings (SSSR count). The second-order valence-electron chi connectivity index (χ2n) is 7.63. The third-order valence-electron chi connectivity index (χ3n) is 5.40. The predicted molar refractivity (Wildman–Crippen MR) is 113 cm³/mol. The Morgan fingerprint density at radius 3 is 2.31 bits per heavy atom. The second kappa shape index (κ2) is 9.73. The average molecular weight is 389 g/mol. The molecule has 0 saturated carbocycles. The van der Waals surface area contributed by atoms with Gasteiger partial charge in [0.1, 0.15) is 5.75 Å². The molecule has 0 N–H and O–H groups in total. The number of hydrogen-bond acceptors (Lipinski definition) is 4. The van der Waals surface area contributed by atoms with Crippen LogP contribution in [0.1, 0.15) is 53.6 Å². The minimum absolute atomic E-state index is 0.00189. The van der Waals surface area contributed by atoms with Crippen molar-refractivity contribution in [2.45, 2.75) is 38.4 Å².